The van der Waals surface area contributed by atoms with Crippen LogP contribution < -0.4 is 14.8 Å². The number of hydrogen-bond donors (Lipinski definition) is 1. The van der Waals surface area contributed by atoms with Gasteiger partial charge in [0.15, 0.2) is 0 Å². The standard InChI is InChI=1S/C20H23NO4/c1-2-23-17-11-7-16(8-12-17)21-20(22)15-5-9-18(10-6-15)25-14-19-4-3-13-24-19/h5-12,19H,2-4,13-14H2,1H3,(H,21,22). The van der Waals surface area contributed by atoms with Crippen molar-refractivity contribution < 1.29 is 19.0 Å². The van der Waals surface area contributed by atoms with Gasteiger partial charge in [0.25, 0.3) is 5.91 Å². The number of anilines is 1. The first-order chi connectivity index (χ1) is 12.2. The zero-order valence-corrected chi connectivity index (χ0v) is 14.4. The molecule has 3 rings (SSSR count). The minimum Gasteiger partial charge on any atom is -0.494 e. The van der Waals surface area contributed by atoms with Gasteiger partial charge in [0.05, 0.1) is 12.7 Å². The number of ether oxygens (including phenoxy) is 3. The Hall–Kier alpha value is -2.53. The largest absolute Gasteiger partial charge is 0.494 e. The first-order valence-electron chi connectivity index (χ1n) is 8.63. The van der Waals surface area contributed by atoms with Crippen molar-refractivity contribution in [2.75, 3.05) is 25.1 Å². The summed E-state index contributed by atoms with van der Waals surface area (Å²) in [6.45, 7) is 3.92. The Bertz CT molecular complexity index is 676. The fourth-order valence-corrected chi connectivity index (χ4v) is 2.67. The first kappa shape index (κ1) is 17.3. The number of amides is 1. The van der Waals surface area contributed by atoms with E-state index in [9.17, 15) is 4.79 Å². The van der Waals surface area contributed by atoms with Crippen LogP contribution in [0.25, 0.3) is 0 Å². The molecule has 1 heterocycles. The van der Waals surface area contributed by atoms with Crippen LogP contribution in [0.4, 0.5) is 5.69 Å². The van der Waals surface area contributed by atoms with Crippen LogP contribution in [0.3, 0.4) is 0 Å². The van der Waals surface area contributed by atoms with Crippen LogP contribution in [0.2, 0.25) is 0 Å². The Morgan fingerprint density at radius 2 is 1.76 bits per heavy atom. The molecule has 0 bridgehead atoms. The molecule has 1 amide bonds. The Kier molecular flexibility index (Phi) is 5.90. The Morgan fingerprint density at radius 3 is 2.40 bits per heavy atom. The SMILES string of the molecule is CCOc1ccc(NC(=O)c2ccc(OCC3CCCO3)cc2)cc1. The van der Waals surface area contributed by atoms with E-state index in [-0.39, 0.29) is 12.0 Å². The zero-order chi connectivity index (χ0) is 17.5. The second kappa shape index (κ2) is 8.53. The molecule has 5 heteroatoms. The van der Waals surface area contributed by atoms with Crippen LogP contribution in [-0.4, -0.2) is 31.8 Å². The number of carbonyl (C=O) groups excluding carboxylic acids is 1. The molecule has 2 aromatic rings. The predicted octanol–water partition coefficient (Wildman–Crippen LogP) is 3.90. The third-order valence-electron chi connectivity index (χ3n) is 4.00. The smallest absolute Gasteiger partial charge is 0.255 e. The van der Waals surface area contributed by atoms with E-state index >= 15 is 0 Å². The summed E-state index contributed by atoms with van der Waals surface area (Å²) in [6.07, 6.45) is 2.32. The minimum atomic E-state index is -0.158. The summed E-state index contributed by atoms with van der Waals surface area (Å²) in [5.74, 6) is 1.37. The van der Waals surface area contributed by atoms with Crippen molar-refractivity contribution in [3.8, 4) is 11.5 Å². The maximum Gasteiger partial charge on any atom is 0.255 e. The third kappa shape index (κ3) is 4.97. The Balaban J connectivity index is 1.52. The van der Waals surface area contributed by atoms with Crippen molar-refractivity contribution in [3.63, 3.8) is 0 Å². The summed E-state index contributed by atoms with van der Waals surface area (Å²) in [6, 6.07) is 14.4. The van der Waals surface area contributed by atoms with Gasteiger partial charge in [-0.2, -0.15) is 0 Å². The van der Waals surface area contributed by atoms with Gasteiger partial charge >= 0.3 is 0 Å². The highest BCUT2D eigenvalue weighted by Gasteiger charge is 2.16. The van der Waals surface area contributed by atoms with Crippen molar-refractivity contribution in [1.29, 1.82) is 0 Å². The van der Waals surface area contributed by atoms with Gasteiger partial charge in [0.2, 0.25) is 0 Å². The lowest BCUT2D eigenvalue weighted by atomic mass is 10.2. The molecule has 0 spiro atoms. The molecule has 1 atom stereocenters. The number of hydrogen-bond acceptors (Lipinski definition) is 4. The normalized spacial score (nSPS) is 16.4. The van der Waals surface area contributed by atoms with Crippen LogP contribution in [0, 0.1) is 0 Å². The highest BCUT2D eigenvalue weighted by atomic mass is 16.5. The number of benzene rings is 2. The van der Waals surface area contributed by atoms with Gasteiger partial charge in [0, 0.05) is 17.9 Å². The van der Waals surface area contributed by atoms with E-state index in [1.807, 2.05) is 43.3 Å². The molecule has 2 aromatic carbocycles. The van der Waals surface area contributed by atoms with Crippen LogP contribution in [0.1, 0.15) is 30.1 Å². The van der Waals surface area contributed by atoms with E-state index in [4.69, 9.17) is 14.2 Å². The van der Waals surface area contributed by atoms with Crippen molar-refractivity contribution in [2.45, 2.75) is 25.9 Å². The molecule has 0 aliphatic carbocycles. The van der Waals surface area contributed by atoms with E-state index in [1.165, 1.54) is 0 Å². The molecular formula is C20H23NO4. The molecule has 1 fully saturated rings. The second-order valence-corrected chi connectivity index (χ2v) is 5.88. The monoisotopic (exact) mass is 341 g/mol. The van der Waals surface area contributed by atoms with Crippen molar-refractivity contribution in [2.24, 2.45) is 0 Å². The molecular weight excluding hydrogens is 318 g/mol. The number of nitrogens with one attached hydrogen (secondary N) is 1. The van der Waals surface area contributed by atoms with E-state index in [0.29, 0.717) is 18.8 Å². The zero-order valence-electron chi connectivity index (χ0n) is 14.4. The summed E-state index contributed by atoms with van der Waals surface area (Å²) < 4.78 is 16.6. The molecule has 1 saturated heterocycles. The average Bonchev–Trinajstić information content (AvgIpc) is 3.16. The average molecular weight is 341 g/mol. The summed E-state index contributed by atoms with van der Waals surface area (Å²) in [7, 11) is 0. The summed E-state index contributed by atoms with van der Waals surface area (Å²) in [5, 5.41) is 2.87. The topological polar surface area (TPSA) is 56.8 Å². The van der Waals surface area contributed by atoms with Crippen LogP contribution in [-0.2, 0) is 4.74 Å². The highest BCUT2D eigenvalue weighted by Crippen LogP contribution is 2.19. The van der Waals surface area contributed by atoms with Gasteiger partial charge in [-0.15, -0.1) is 0 Å². The second-order valence-electron chi connectivity index (χ2n) is 5.88. The fourth-order valence-electron chi connectivity index (χ4n) is 2.67. The van der Waals surface area contributed by atoms with E-state index in [0.717, 1.165) is 36.6 Å². The van der Waals surface area contributed by atoms with E-state index in [2.05, 4.69) is 5.32 Å². The van der Waals surface area contributed by atoms with Crippen molar-refractivity contribution >= 4 is 11.6 Å². The van der Waals surface area contributed by atoms with Gasteiger partial charge < -0.3 is 19.5 Å². The van der Waals surface area contributed by atoms with Crippen molar-refractivity contribution in [1.82, 2.24) is 0 Å². The lowest BCUT2D eigenvalue weighted by Crippen LogP contribution is -2.16. The molecule has 5 nitrogen and oxygen atoms in total. The summed E-state index contributed by atoms with van der Waals surface area (Å²) in [4.78, 5) is 12.3. The van der Waals surface area contributed by atoms with Gasteiger partial charge in [-0.25, -0.2) is 0 Å². The van der Waals surface area contributed by atoms with Crippen molar-refractivity contribution in [3.05, 3.63) is 54.1 Å². The quantitative estimate of drug-likeness (QED) is 0.830. The number of rotatable bonds is 7. The van der Waals surface area contributed by atoms with Crippen LogP contribution in [0.15, 0.2) is 48.5 Å². The minimum absolute atomic E-state index is 0.158. The lowest BCUT2D eigenvalue weighted by Gasteiger charge is -2.12. The molecule has 0 radical (unpaired) electrons. The first-order valence-corrected chi connectivity index (χ1v) is 8.63. The lowest BCUT2D eigenvalue weighted by molar-refractivity contribution is 0.0679. The maximum atomic E-state index is 12.3. The van der Waals surface area contributed by atoms with Crippen LogP contribution in [0.5, 0.6) is 11.5 Å². The van der Waals surface area contributed by atoms with E-state index in [1.54, 1.807) is 12.1 Å². The molecule has 1 unspecified atom stereocenters. The summed E-state index contributed by atoms with van der Waals surface area (Å²) >= 11 is 0. The van der Waals surface area contributed by atoms with Gasteiger partial charge in [-0.1, -0.05) is 0 Å². The van der Waals surface area contributed by atoms with E-state index < -0.39 is 0 Å². The molecule has 1 N–H and O–H groups in total. The molecule has 132 valence electrons. The molecule has 25 heavy (non-hydrogen) atoms. The third-order valence-corrected chi connectivity index (χ3v) is 4.00. The van der Waals surface area contributed by atoms with Crippen LogP contribution >= 0.6 is 0 Å². The Labute approximate surface area is 147 Å². The Morgan fingerprint density at radius 1 is 1.08 bits per heavy atom. The molecule has 1 aliphatic rings. The van der Waals surface area contributed by atoms with Gasteiger partial charge in [-0.3, -0.25) is 4.79 Å². The molecule has 1 aliphatic heterocycles. The molecule has 0 aromatic heterocycles. The summed E-state index contributed by atoms with van der Waals surface area (Å²) in [5.41, 5.74) is 1.31. The number of carbonyl (C=O) groups is 1. The highest BCUT2D eigenvalue weighted by molar-refractivity contribution is 6.04. The molecule has 0 saturated carbocycles. The maximum absolute atomic E-state index is 12.3. The van der Waals surface area contributed by atoms with Gasteiger partial charge in [-0.05, 0) is 68.3 Å². The predicted molar refractivity (Wildman–Crippen MR) is 96.5 cm³/mol. The van der Waals surface area contributed by atoms with Gasteiger partial charge in [0.1, 0.15) is 18.1 Å². The fraction of sp³-hybridized carbons (Fsp3) is 0.350.